The highest BCUT2D eigenvalue weighted by Gasteiger charge is 2.22. The Morgan fingerprint density at radius 2 is 1.86 bits per heavy atom. The van der Waals surface area contributed by atoms with Gasteiger partial charge in [0, 0.05) is 11.5 Å². The Kier molecular flexibility index (Phi) is 4.31. The van der Waals surface area contributed by atoms with Gasteiger partial charge in [-0.2, -0.15) is 0 Å². The molecule has 1 N–H and O–H groups in total. The van der Waals surface area contributed by atoms with E-state index < -0.39 is 0 Å². The van der Waals surface area contributed by atoms with Crippen molar-refractivity contribution >= 4 is 17.8 Å². The number of hydrogen-bond acceptors (Lipinski definition) is 4. The van der Waals surface area contributed by atoms with E-state index in [0.29, 0.717) is 17.3 Å². The van der Waals surface area contributed by atoms with E-state index >= 15 is 0 Å². The molecule has 0 spiro atoms. The van der Waals surface area contributed by atoms with Crippen molar-refractivity contribution in [1.29, 1.82) is 0 Å². The molecule has 1 aromatic carbocycles. The molecular weight excluding hydrogens is 268 g/mol. The minimum absolute atomic E-state index is 0.175. The molecule has 0 radical (unpaired) electrons. The first-order valence-electron chi connectivity index (χ1n) is 6.80. The van der Waals surface area contributed by atoms with Crippen molar-refractivity contribution in [2.45, 2.75) is 20.8 Å². The van der Waals surface area contributed by atoms with Crippen LogP contribution in [0.3, 0.4) is 0 Å². The fraction of sp³-hybridized carbons (Fsp3) is 0.375. The monoisotopic (exact) mass is 288 g/mol. The maximum absolute atomic E-state index is 11.9. The maximum Gasteiger partial charge on any atom is 0.275 e. The number of carbonyl (C=O) groups is 1. The second-order valence-corrected chi connectivity index (χ2v) is 5.20. The molecule has 112 valence electrons. The summed E-state index contributed by atoms with van der Waals surface area (Å²) in [5.41, 5.74) is 2.11. The quantitative estimate of drug-likeness (QED) is 0.866. The van der Waals surface area contributed by atoms with Crippen molar-refractivity contribution in [2.24, 2.45) is 10.9 Å². The first kappa shape index (κ1) is 15.1. The lowest BCUT2D eigenvalue weighted by molar-refractivity contribution is -0.115. The normalized spacial score (nSPS) is 16.2. The standard InChI is InChI=1S/C16H20N2O3/c1-9(2)15-17-12(16(19)18-15)7-11-8-13(20-4)10(3)6-14(11)21-5/h6-9H,1-5H3,(H,17,18,19)/b12-7+. The number of benzene rings is 1. The summed E-state index contributed by atoms with van der Waals surface area (Å²) in [5.74, 6) is 2.09. The lowest BCUT2D eigenvalue weighted by atomic mass is 10.1. The maximum atomic E-state index is 11.9. The Labute approximate surface area is 124 Å². The van der Waals surface area contributed by atoms with Gasteiger partial charge in [0.2, 0.25) is 0 Å². The van der Waals surface area contributed by atoms with E-state index in [-0.39, 0.29) is 11.8 Å². The number of methoxy groups -OCH3 is 2. The Morgan fingerprint density at radius 3 is 2.38 bits per heavy atom. The molecule has 0 atom stereocenters. The predicted octanol–water partition coefficient (Wildman–Crippen LogP) is 2.54. The van der Waals surface area contributed by atoms with Gasteiger partial charge >= 0.3 is 0 Å². The van der Waals surface area contributed by atoms with Crippen LogP contribution in [0.2, 0.25) is 0 Å². The Hall–Kier alpha value is -2.30. The molecule has 0 bridgehead atoms. The highest BCUT2D eigenvalue weighted by molar-refractivity contribution is 6.14. The van der Waals surface area contributed by atoms with E-state index in [4.69, 9.17) is 9.47 Å². The van der Waals surface area contributed by atoms with Gasteiger partial charge in [0.25, 0.3) is 5.91 Å². The summed E-state index contributed by atoms with van der Waals surface area (Å²) >= 11 is 0. The van der Waals surface area contributed by atoms with Gasteiger partial charge in [-0.25, -0.2) is 4.99 Å². The summed E-state index contributed by atoms with van der Waals surface area (Å²) < 4.78 is 10.7. The number of amides is 1. The molecule has 5 heteroatoms. The topological polar surface area (TPSA) is 59.9 Å². The Bertz CT molecular complexity index is 631. The molecule has 2 rings (SSSR count). The van der Waals surface area contributed by atoms with Crippen LogP contribution in [0.25, 0.3) is 6.08 Å². The van der Waals surface area contributed by atoms with Crippen LogP contribution in [0.4, 0.5) is 0 Å². The van der Waals surface area contributed by atoms with E-state index in [1.807, 2.05) is 32.9 Å². The third-order valence-electron chi connectivity index (χ3n) is 3.30. The van der Waals surface area contributed by atoms with Gasteiger partial charge in [-0.05, 0) is 30.7 Å². The van der Waals surface area contributed by atoms with Crippen LogP contribution in [0, 0.1) is 12.8 Å². The van der Waals surface area contributed by atoms with Crippen LogP contribution in [0.15, 0.2) is 22.8 Å². The summed E-state index contributed by atoms with van der Waals surface area (Å²) in [5, 5.41) is 2.77. The largest absolute Gasteiger partial charge is 0.496 e. The zero-order chi connectivity index (χ0) is 15.6. The second kappa shape index (κ2) is 5.99. The summed E-state index contributed by atoms with van der Waals surface area (Å²) in [6.07, 6.45) is 1.71. The Morgan fingerprint density at radius 1 is 1.19 bits per heavy atom. The van der Waals surface area contributed by atoms with Crippen LogP contribution in [-0.4, -0.2) is 26.0 Å². The molecule has 1 aromatic rings. The average Bonchev–Trinajstić information content (AvgIpc) is 2.82. The average molecular weight is 288 g/mol. The van der Waals surface area contributed by atoms with Gasteiger partial charge in [0.1, 0.15) is 23.0 Å². The van der Waals surface area contributed by atoms with Gasteiger partial charge in [0.05, 0.1) is 14.2 Å². The highest BCUT2D eigenvalue weighted by atomic mass is 16.5. The number of carbonyl (C=O) groups excluding carboxylic acids is 1. The number of hydrogen-bond donors (Lipinski definition) is 1. The number of nitrogens with zero attached hydrogens (tertiary/aromatic N) is 1. The van der Waals surface area contributed by atoms with Crippen molar-refractivity contribution in [2.75, 3.05) is 14.2 Å². The molecule has 21 heavy (non-hydrogen) atoms. The van der Waals surface area contributed by atoms with Crippen LogP contribution in [0.1, 0.15) is 25.0 Å². The third-order valence-corrected chi connectivity index (χ3v) is 3.30. The second-order valence-electron chi connectivity index (χ2n) is 5.20. The van der Waals surface area contributed by atoms with Crippen LogP contribution in [-0.2, 0) is 4.79 Å². The van der Waals surface area contributed by atoms with Crippen LogP contribution >= 0.6 is 0 Å². The number of aliphatic imine (C=N–C) groups is 1. The first-order valence-corrected chi connectivity index (χ1v) is 6.80. The number of ether oxygens (including phenoxy) is 2. The lowest BCUT2D eigenvalue weighted by Crippen LogP contribution is -2.27. The first-order chi connectivity index (χ1) is 9.96. The third kappa shape index (κ3) is 3.07. The molecule has 1 aliphatic rings. The molecule has 0 fully saturated rings. The SMILES string of the molecule is COc1cc(/C=C2/N=C(C(C)C)NC2=O)c(OC)cc1C. The minimum Gasteiger partial charge on any atom is -0.496 e. The summed E-state index contributed by atoms with van der Waals surface area (Å²) in [6, 6.07) is 3.72. The summed E-state index contributed by atoms with van der Waals surface area (Å²) in [6.45, 7) is 5.91. The van der Waals surface area contributed by atoms with Crippen molar-refractivity contribution in [3.05, 3.63) is 29.0 Å². The number of amidine groups is 1. The molecule has 0 saturated carbocycles. The highest BCUT2D eigenvalue weighted by Crippen LogP contribution is 2.30. The molecule has 1 heterocycles. The van der Waals surface area contributed by atoms with E-state index in [9.17, 15) is 4.79 Å². The van der Waals surface area contributed by atoms with Crippen LogP contribution < -0.4 is 14.8 Å². The molecule has 5 nitrogen and oxygen atoms in total. The van der Waals surface area contributed by atoms with E-state index in [2.05, 4.69) is 10.3 Å². The van der Waals surface area contributed by atoms with E-state index in [0.717, 1.165) is 16.9 Å². The molecule has 0 aromatic heterocycles. The van der Waals surface area contributed by atoms with Crippen molar-refractivity contribution in [3.63, 3.8) is 0 Å². The van der Waals surface area contributed by atoms with Gasteiger partial charge < -0.3 is 14.8 Å². The van der Waals surface area contributed by atoms with Gasteiger partial charge in [-0.15, -0.1) is 0 Å². The summed E-state index contributed by atoms with van der Waals surface area (Å²) in [7, 11) is 3.21. The van der Waals surface area contributed by atoms with Crippen molar-refractivity contribution < 1.29 is 14.3 Å². The molecule has 0 aliphatic carbocycles. The number of rotatable bonds is 4. The van der Waals surface area contributed by atoms with E-state index in [1.54, 1.807) is 20.3 Å². The molecule has 1 aliphatic heterocycles. The molecule has 0 saturated heterocycles. The van der Waals surface area contributed by atoms with Gasteiger partial charge in [-0.3, -0.25) is 4.79 Å². The molecule has 0 unspecified atom stereocenters. The van der Waals surface area contributed by atoms with Crippen molar-refractivity contribution in [1.82, 2.24) is 5.32 Å². The van der Waals surface area contributed by atoms with E-state index in [1.165, 1.54) is 0 Å². The van der Waals surface area contributed by atoms with Crippen molar-refractivity contribution in [3.8, 4) is 11.5 Å². The summed E-state index contributed by atoms with van der Waals surface area (Å²) in [4.78, 5) is 16.3. The zero-order valence-corrected chi connectivity index (χ0v) is 13.0. The minimum atomic E-state index is -0.194. The lowest BCUT2D eigenvalue weighted by Gasteiger charge is -2.10. The van der Waals surface area contributed by atoms with Crippen LogP contribution in [0.5, 0.6) is 11.5 Å². The van der Waals surface area contributed by atoms with Gasteiger partial charge in [0.15, 0.2) is 0 Å². The fourth-order valence-electron chi connectivity index (χ4n) is 2.09. The van der Waals surface area contributed by atoms with Gasteiger partial charge in [-0.1, -0.05) is 13.8 Å². The predicted molar refractivity (Wildman–Crippen MR) is 82.7 cm³/mol. The molecular formula is C16H20N2O3. The number of nitrogens with one attached hydrogen (secondary N) is 1. The number of aryl methyl sites for hydroxylation is 1. The molecule has 1 amide bonds. The smallest absolute Gasteiger partial charge is 0.275 e. The fourth-order valence-corrected chi connectivity index (χ4v) is 2.09. The zero-order valence-electron chi connectivity index (χ0n) is 13.0. The Balaban J connectivity index is 2.47.